The molecule has 1 aliphatic heterocycles. The van der Waals surface area contributed by atoms with Gasteiger partial charge in [0.05, 0.1) is 17.3 Å². The fourth-order valence-corrected chi connectivity index (χ4v) is 5.30. The number of benzene rings is 1. The molecule has 1 atom stereocenters. The average Bonchev–Trinajstić information content (AvgIpc) is 3.38. The second kappa shape index (κ2) is 6.98. The number of carbonyl (C=O) groups excluding carboxylic acids is 1. The molecule has 2 aliphatic rings. The van der Waals surface area contributed by atoms with Gasteiger partial charge >= 0.3 is 0 Å². The van der Waals surface area contributed by atoms with Crippen LogP contribution in [0.3, 0.4) is 0 Å². The summed E-state index contributed by atoms with van der Waals surface area (Å²) in [6, 6.07) is 9.15. The van der Waals surface area contributed by atoms with E-state index in [1.54, 1.807) is 0 Å². The zero-order valence-electron chi connectivity index (χ0n) is 17.9. The molecule has 158 valence electrons. The molecular formula is C24H29N3O3. The third-order valence-electron chi connectivity index (χ3n) is 6.94. The Balaban J connectivity index is 1.62. The van der Waals surface area contributed by atoms with Gasteiger partial charge in [0.15, 0.2) is 0 Å². The van der Waals surface area contributed by atoms with E-state index in [1.165, 1.54) is 16.6 Å². The lowest BCUT2D eigenvalue weighted by molar-refractivity contribution is -0.119. The summed E-state index contributed by atoms with van der Waals surface area (Å²) in [6.07, 6.45) is 4.88. The highest BCUT2D eigenvalue weighted by Crippen LogP contribution is 2.41. The normalized spacial score (nSPS) is 27.0. The highest BCUT2D eigenvalue weighted by Gasteiger charge is 2.33. The number of aryl methyl sites for hydroxylation is 2. The third-order valence-corrected chi connectivity index (χ3v) is 6.94. The third kappa shape index (κ3) is 3.23. The fourth-order valence-electron chi connectivity index (χ4n) is 5.30. The molecule has 0 bridgehead atoms. The minimum atomic E-state index is -0.572. The van der Waals surface area contributed by atoms with Crippen LogP contribution in [0.5, 0.6) is 0 Å². The summed E-state index contributed by atoms with van der Waals surface area (Å²) in [5, 5.41) is 18.9. The summed E-state index contributed by atoms with van der Waals surface area (Å²) in [5.74, 6) is 0.948. The van der Waals surface area contributed by atoms with Crippen LogP contribution >= 0.6 is 0 Å². The van der Waals surface area contributed by atoms with Crippen molar-refractivity contribution in [1.82, 2.24) is 15.0 Å². The highest BCUT2D eigenvalue weighted by molar-refractivity contribution is 5.88. The first kappa shape index (κ1) is 19.4. The summed E-state index contributed by atoms with van der Waals surface area (Å²) in [7, 11) is 0. The van der Waals surface area contributed by atoms with Crippen molar-refractivity contribution in [3.8, 4) is 11.1 Å². The van der Waals surface area contributed by atoms with Crippen LogP contribution in [0, 0.1) is 13.8 Å². The van der Waals surface area contributed by atoms with Gasteiger partial charge in [0.1, 0.15) is 5.76 Å². The van der Waals surface area contributed by atoms with Gasteiger partial charge in [-0.15, -0.1) is 0 Å². The molecule has 2 fully saturated rings. The van der Waals surface area contributed by atoms with Gasteiger partial charge in [-0.05, 0) is 76.6 Å². The van der Waals surface area contributed by atoms with E-state index in [-0.39, 0.29) is 11.9 Å². The standard InChI is InChI=1S/C24H29N3O3/c1-14-23(15(2)30-26-14)16-4-6-20-17(12-16)13-21(19-5-7-22(28)25-19)27(20)18-8-10-24(3,29)11-9-18/h4,6,12-13,18-19,29H,5,7-11H2,1-3H3,(H,25,28)/t18-,19-,24+/m0/s1. The van der Waals surface area contributed by atoms with Gasteiger partial charge in [0.25, 0.3) is 0 Å². The second-order valence-electron chi connectivity index (χ2n) is 9.30. The lowest BCUT2D eigenvalue weighted by Crippen LogP contribution is -2.32. The number of hydrogen-bond acceptors (Lipinski definition) is 4. The predicted octanol–water partition coefficient (Wildman–Crippen LogP) is 4.73. The second-order valence-corrected chi connectivity index (χ2v) is 9.30. The summed E-state index contributed by atoms with van der Waals surface area (Å²) < 4.78 is 7.80. The topological polar surface area (TPSA) is 80.3 Å². The number of carbonyl (C=O) groups is 1. The average molecular weight is 408 g/mol. The predicted molar refractivity (Wildman–Crippen MR) is 115 cm³/mol. The maximum atomic E-state index is 11.9. The summed E-state index contributed by atoms with van der Waals surface area (Å²) in [5.41, 5.74) is 4.84. The van der Waals surface area contributed by atoms with Crippen LogP contribution in [0.25, 0.3) is 22.0 Å². The Morgan fingerprint density at radius 3 is 2.60 bits per heavy atom. The molecular weight excluding hydrogens is 378 g/mol. The van der Waals surface area contributed by atoms with Gasteiger partial charge in [0, 0.05) is 34.6 Å². The first-order valence-electron chi connectivity index (χ1n) is 10.9. The fraction of sp³-hybridized carbons (Fsp3) is 0.500. The van der Waals surface area contributed by atoms with E-state index in [9.17, 15) is 9.90 Å². The molecule has 3 heterocycles. The Hall–Kier alpha value is -2.60. The van der Waals surface area contributed by atoms with Crippen LogP contribution < -0.4 is 5.32 Å². The van der Waals surface area contributed by atoms with Crippen LogP contribution in [0.1, 0.15) is 74.7 Å². The summed E-state index contributed by atoms with van der Waals surface area (Å²) >= 11 is 0. The molecule has 30 heavy (non-hydrogen) atoms. The zero-order chi connectivity index (χ0) is 21.0. The van der Waals surface area contributed by atoms with Gasteiger partial charge in [0.2, 0.25) is 5.91 Å². The minimum Gasteiger partial charge on any atom is -0.390 e. The highest BCUT2D eigenvalue weighted by atomic mass is 16.5. The molecule has 5 rings (SSSR count). The molecule has 1 amide bonds. The van der Waals surface area contributed by atoms with Crippen molar-refractivity contribution >= 4 is 16.8 Å². The molecule has 1 saturated heterocycles. The van der Waals surface area contributed by atoms with Crippen molar-refractivity contribution in [1.29, 1.82) is 0 Å². The van der Waals surface area contributed by atoms with Crippen LogP contribution in [0.15, 0.2) is 28.8 Å². The number of aliphatic hydroxyl groups is 1. The van der Waals surface area contributed by atoms with Crippen LogP contribution in [0.4, 0.5) is 0 Å². The quantitative estimate of drug-likeness (QED) is 0.658. The molecule has 0 radical (unpaired) electrons. The molecule has 2 aromatic heterocycles. The first-order chi connectivity index (χ1) is 14.3. The largest absolute Gasteiger partial charge is 0.390 e. The molecule has 0 unspecified atom stereocenters. The Labute approximate surface area is 176 Å². The van der Waals surface area contributed by atoms with Crippen LogP contribution in [-0.2, 0) is 4.79 Å². The zero-order valence-corrected chi connectivity index (χ0v) is 17.9. The van der Waals surface area contributed by atoms with Crippen molar-refractivity contribution in [2.24, 2.45) is 0 Å². The van der Waals surface area contributed by atoms with Crippen molar-refractivity contribution in [2.75, 3.05) is 0 Å². The smallest absolute Gasteiger partial charge is 0.220 e. The Bertz CT molecular complexity index is 1090. The number of nitrogens with zero attached hydrogens (tertiary/aromatic N) is 2. The number of rotatable bonds is 3. The SMILES string of the molecule is Cc1noc(C)c1-c1ccc2c(c1)cc([C@@H]1CCC(=O)N1)n2[C@H]1CC[C@@](C)(O)CC1. The molecule has 6 nitrogen and oxygen atoms in total. The number of aromatic nitrogens is 2. The van der Waals surface area contributed by atoms with Crippen molar-refractivity contribution in [3.63, 3.8) is 0 Å². The van der Waals surface area contributed by atoms with Crippen molar-refractivity contribution in [3.05, 3.63) is 41.4 Å². The summed E-state index contributed by atoms with van der Waals surface area (Å²) in [6.45, 7) is 5.84. The number of nitrogens with one attached hydrogen (secondary N) is 1. The van der Waals surface area contributed by atoms with E-state index < -0.39 is 5.60 Å². The number of fused-ring (bicyclic) bond motifs is 1. The molecule has 1 saturated carbocycles. The lowest BCUT2D eigenvalue weighted by atomic mass is 9.83. The van der Waals surface area contributed by atoms with Crippen LogP contribution in [0.2, 0.25) is 0 Å². The first-order valence-corrected chi connectivity index (χ1v) is 10.9. The van der Waals surface area contributed by atoms with Gasteiger partial charge in [-0.25, -0.2) is 0 Å². The maximum absolute atomic E-state index is 11.9. The Kier molecular flexibility index (Phi) is 4.51. The van der Waals surface area contributed by atoms with Gasteiger partial charge < -0.3 is 19.5 Å². The molecule has 1 aliphatic carbocycles. The van der Waals surface area contributed by atoms with Gasteiger partial charge in [-0.1, -0.05) is 11.2 Å². The molecule has 6 heteroatoms. The van der Waals surface area contributed by atoms with E-state index >= 15 is 0 Å². The monoisotopic (exact) mass is 407 g/mol. The van der Waals surface area contributed by atoms with E-state index in [0.29, 0.717) is 12.5 Å². The molecule has 3 aromatic rings. The summed E-state index contributed by atoms with van der Waals surface area (Å²) in [4.78, 5) is 11.9. The van der Waals surface area contributed by atoms with Gasteiger partial charge in [-0.2, -0.15) is 0 Å². The van der Waals surface area contributed by atoms with Crippen molar-refractivity contribution < 1.29 is 14.4 Å². The van der Waals surface area contributed by atoms with E-state index in [0.717, 1.165) is 54.7 Å². The minimum absolute atomic E-state index is 0.0508. The number of amides is 1. The molecule has 1 aromatic carbocycles. The van der Waals surface area contributed by atoms with E-state index in [1.807, 2.05) is 20.8 Å². The lowest BCUT2D eigenvalue weighted by Gasteiger charge is -2.35. The molecule has 2 N–H and O–H groups in total. The Morgan fingerprint density at radius 1 is 1.20 bits per heavy atom. The van der Waals surface area contributed by atoms with E-state index in [2.05, 4.69) is 39.3 Å². The maximum Gasteiger partial charge on any atom is 0.220 e. The Morgan fingerprint density at radius 2 is 1.97 bits per heavy atom. The number of hydrogen-bond donors (Lipinski definition) is 2. The van der Waals surface area contributed by atoms with Crippen molar-refractivity contribution in [2.45, 2.75) is 77.0 Å². The molecule has 0 spiro atoms. The van der Waals surface area contributed by atoms with Gasteiger partial charge in [-0.3, -0.25) is 4.79 Å². The van der Waals surface area contributed by atoms with E-state index in [4.69, 9.17) is 4.52 Å². The van der Waals surface area contributed by atoms with Crippen LogP contribution in [-0.4, -0.2) is 26.3 Å².